The lowest BCUT2D eigenvalue weighted by Crippen LogP contribution is -2.01. The van der Waals surface area contributed by atoms with Crippen molar-refractivity contribution in [2.45, 2.75) is 6.42 Å². The zero-order valence-corrected chi connectivity index (χ0v) is 15.8. The number of nitro groups is 1. The van der Waals surface area contributed by atoms with E-state index in [4.69, 9.17) is 12.2 Å². The van der Waals surface area contributed by atoms with E-state index in [0.29, 0.717) is 12.2 Å². The molecule has 1 aromatic heterocycles. The van der Waals surface area contributed by atoms with Gasteiger partial charge in [-0.05, 0) is 34.6 Å². The van der Waals surface area contributed by atoms with Crippen LogP contribution >= 0.6 is 12.2 Å². The summed E-state index contributed by atoms with van der Waals surface area (Å²) in [5, 5.41) is 34.4. The van der Waals surface area contributed by atoms with Crippen molar-refractivity contribution < 1.29 is 10.0 Å². The number of rotatable bonds is 5. The topological polar surface area (TPSA) is 109 Å². The minimum Gasteiger partial charge on any atom is -0.507 e. The van der Waals surface area contributed by atoms with Gasteiger partial charge in [-0.15, -0.1) is 0 Å². The van der Waals surface area contributed by atoms with Crippen LogP contribution in [0.4, 0.5) is 5.69 Å². The zero-order valence-electron chi connectivity index (χ0n) is 15.0. The molecule has 9 heteroatoms. The molecule has 0 fully saturated rings. The van der Waals surface area contributed by atoms with Crippen LogP contribution in [0.15, 0.2) is 65.8 Å². The number of phenols is 1. The van der Waals surface area contributed by atoms with E-state index in [1.807, 2.05) is 42.5 Å². The molecule has 0 atom stereocenters. The number of nitrogens with zero attached hydrogens (tertiary/aromatic N) is 4. The Morgan fingerprint density at radius 1 is 1.21 bits per heavy atom. The van der Waals surface area contributed by atoms with Gasteiger partial charge in [0.2, 0.25) is 4.77 Å². The molecule has 4 rings (SSSR count). The highest BCUT2D eigenvalue weighted by Crippen LogP contribution is 2.22. The second-order valence-electron chi connectivity index (χ2n) is 6.32. The second kappa shape index (κ2) is 7.64. The van der Waals surface area contributed by atoms with E-state index in [1.165, 1.54) is 29.1 Å². The Morgan fingerprint density at radius 2 is 2.00 bits per heavy atom. The normalized spacial score (nSPS) is 11.3. The molecule has 2 N–H and O–H groups in total. The molecule has 1 heterocycles. The van der Waals surface area contributed by atoms with Gasteiger partial charge in [0, 0.05) is 24.1 Å². The third-order valence-electron chi connectivity index (χ3n) is 4.48. The molecule has 8 nitrogen and oxygen atoms in total. The predicted octanol–water partition coefficient (Wildman–Crippen LogP) is 4.18. The second-order valence-corrected chi connectivity index (χ2v) is 6.70. The average molecular weight is 405 g/mol. The summed E-state index contributed by atoms with van der Waals surface area (Å²) in [7, 11) is 0. The van der Waals surface area contributed by atoms with Gasteiger partial charge in [0.1, 0.15) is 5.75 Å². The summed E-state index contributed by atoms with van der Waals surface area (Å²) < 4.78 is 1.72. The summed E-state index contributed by atoms with van der Waals surface area (Å²) in [6.07, 6.45) is 1.80. The third kappa shape index (κ3) is 3.76. The van der Waals surface area contributed by atoms with Gasteiger partial charge in [-0.25, -0.2) is 0 Å². The number of phenolic OH excluding ortho intramolecular Hbond substituents is 1. The third-order valence-corrected chi connectivity index (χ3v) is 4.74. The number of H-pyrrole nitrogens is 1. The summed E-state index contributed by atoms with van der Waals surface area (Å²) in [6.45, 7) is 0. The highest BCUT2D eigenvalue weighted by Gasteiger charge is 2.11. The van der Waals surface area contributed by atoms with E-state index in [1.54, 1.807) is 0 Å². The highest BCUT2D eigenvalue weighted by atomic mass is 32.1. The van der Waals surface area contributed by atoms with E-state index < -0.39 is 4.92 Å². The van der Waals surface area contributed by atoms with Gasteiger partial charge in [0.15, 0.2) is 5.82 Å². The number of fused-ring (bicyclic) bond motifs is 1. The van der Waals surface area contributed by atoms with Crippen LogP contribution in [-0.2, 0) is 6.42 Å². The summed E-state index contributed by atoms with van der Waals surface area (Å²) in [5.41, 5.74) is 1.13. The Hall–Kier alpha value is -3.85. The molecule has 4 aromatic rings. The SMILES string of the molecule is O=[N+]([O-])c1ccc(O)c(/C=N\n2c(Cc3cccc4ccccc34)n[nH]c2=S)c1. The van der Waals surface area contributed by atoms with Crippen molar-refractivity contribution in [3.05, 3.63) is 92.5 Å². The Morgan fingerprint density at radius 3 is 2.83 bits per heavy atom. The maximum Gasteiger partial charge on any atom is 0.270 e. The maximum atomic E-state index is 11.0. The van der Waals surface area contributed by atoms with Gasteiger partial charge >= 0.3 is 0 Å². The smallest absolute Gasteiger partial charge is 0.270 e. The monoisotopic (exact) mass is 405 g/mol. The summed E-state index contributed by atoms with van der Waals surface area (Å²) in [4.78, 5) is 10.4. The van der Waals surface area contributed by atoms with Crippen molar-refractivity contribution in [2.75, 3.05) is 0 Å². The molecule has 0 saturated heterocycles. The van der Waals surface area contributed by atoms with Crippen molar-refractivity contribution in [1.29, 1.82) is 0 Å². The van der Waals surface area contributed by atoms with Crippen LogP contribution in [0.2, 0.25) is 0 Å². The van der Waals surface area contributed by atoms with Gasteiger partial charge in [-0.1, -0.05) is 42.5 Å². The predicted molar refractivity (Wildman–Crippen MR) is 112 cm³/mol. The average Bonchev–Trinajstić information content (AvgIpc) is 3.07. The quantitative estimate of drug-likeness (QED) is 0.224. The van der Waals surface area contributed by atoms with Gasteiger partial charge in [0.25, 0.3) is 5.69 Å². The zero-order chi connectivity index (χ0) is 20.4. The lowest BCUT2D eigenvalue weighted by molar-refractivity contribution is -0.384. The standard InChI is InChI=1S/C20H15N5O3S/c26-18-9-8-16(25(27)28)10-15(18)12-21-24-19(22-23-20(24)29)11-14-6-3-5-13-4-1-2-7-17(13)14/h1-10,12,26H,11H2,(H,23,29)/b21-12-. The van der Waals surface area contributed by atoms with Crippen molar-refractivity contribution in [2.24, 2.45) is 5.10 Å². The first kappa shape index (κ1) is 18.5. The largest absolute Gasteiger partial charge is 0.507 e. The molecule has 29 heavy (non-hydrogen) atoms. The van der Waals surface area contributed by atoms with Gasteiger partial charge in [-0.3, -0.25) is 15.2 Å². The molecule has 0 unspecified atom stereocenters. The summed E-state index contributed by atoms with van der Waals surface area (Å²) in [5.74, 6) is 0.456. The van der Waals surface area contributed by atoms with Gasteiger partial charge in [0.05, 0.1) is 11.1 Å². The minimum absolute atomic E-state index is 0.120. The first-order chi connectivity index (χ1) is 14.0. The molecule has 0 aliphatic rings. The fraction of sp³-hybridized carbons (Fsp3) is 0.0500. The van der Waals surface area contributed by atoms with Crippen molar-refractivity contribution in [3.8, 4) is 5.75 Å². The lowest BCUT2D eigenvalue weighted by atomic mass is 10.0. The number of non-ortho nitro benzene ring substituents is 1. The van der Waals surface area contributed by atoms with E-state index in [9.17, 15) is 15.2 Å². The molecule has 144 valence electrons. The van der Waals surface area contributed by atoms with Crippen LogP contribution in [-0.4, -0.2) is 31.1 Å². The van der Waals surface area contributed by atoms with E-state index in [-0.39, 0.29) is 21.8 Å². The maximum absolute atomic E-state index is 11.0. The highest BCUT2D eigenvalue weighted by molar-refractivity contribution is 7.71. The Kier molecular flexibility index (Phi) is 4.88. The molecule has 0 radical (unpaired) electrons. The van der Waals surface area contributed by atoms with E-state index in [0.717, 1.165) is 16.3 Å². The molecule has 0 spiro atoms. The van der Waals surface area contributed by atoms with Crippen molar-refractivity contribution in [1.82, 2.24) is 14.9 Å². The van der Waals surface area contributed by atoms with E-state index >= 15 is 0 Å². The minimum atomic E-state index is -0.535. The fourth-order valence-corrected chi connectivity index (χ4v) is 3.25. The lowest BCUT2D eigenvalue weighted by Gasteiger charge is -2.06. The molecular weight excluding hydrogens is 390 g/mol. The fourth-order valence-electron chi connectivity index (χ4n) is 3.05. The molecule has 0 aliphatic carbocycles. The molecular formula is C20H15N5O3S. The Bertz CT molecular complexity index is 1300. The number of hydrogen-bond donors (Lipinski definition) is 2. The first-order valence-corrected chi connectivity index (χ1v) is 9.08. The number of benzene rings is 3. The number of aromatic amines is 1. The molecule has 0 bridgehead atoms. The first-order valence-electron chi connectivity index (χ1n) is 8.67. The molecule has 3 aromatic carbocycles. The summed E-state index contributed by atoms with van der Waals surface area (Å²) >= 11 is 5.26. The van der Waals surface area contributed by atoms with Crippen LogP contribution in [0.3, 0.4) is 0 Å². The van der Waals surface area contributed by atoms with Crippen LogP contribution in [0.5, 0.6) is 5.75 Å². The number of nitrogens with one attached hydrogen (secondary N) is 1. The van der Waals surface area contributed by atoms with Crippen LogP contribution in [0.25, 0.3) is 10.8 Å². The van der Waals surface area contributed by atoms with Crippen LogP contribution in [0.1, 0.15) is 17.0 Å². The Balaban J connectivity index is 1.70. The molecule has 0 saturated carbocycles. The van der Waals surface area contributed by atoms with Gasteiger partial charge < -0.3 is 5.11 Å². The Labute approximate surface area is 169 Å². The number of nitro benzene ring substituents is 1. The van der Waals surface area contributed by atoms with Crippen molar-refractivity contribution >= 4 is 34.9 Å². The van der Waals surface area contributed by atoms with Gasteiger partial charge in [-0.2, -0.15) is 14.9 Å². The summed E-state index contributed by atoms with van der Waals surface area (Å²) in [6, 6.07) is 17.8. The van der Waals surface area contributed by atoms with Crippen molar-refractivity contribution in [3.63, 3.8) is 0 Å². The number of hydrogen-bond acceptors (Lipinski definition) is 6. The van der Waals surface area contributed by atoms with E-state index in [2.05, 4.69) is 15.3 Å². The van der Waals surface area contributed by atoms with Crippen LogP contribution in [0, 0.1) is 14.9 Å². The molecule has 0 amide bonds. The number of aromatic hydroxyl groups is 1. The molecule has 0 aliphatic heterocycles. The van der Waals surface area contributed by atoms with Crippen LogP contribution < -0.4 is 0 Å². The number of aromatic nitrogens is 3.